The van der Waals surface area contributed by atoms with E-state index in [1.807, 2.05) is 13.8 Å². The first-order valence-electron chi connectivity index (χ1n) is 5.54. The van der Waals surface area contributed by atoms with Crippen molar-refractivity contribution < 1.29 is 10.0 Å². The van der Waals surface area contributed by atoms with Crippen molar-refractivity contribution in [3.63, 3.8) is 0 Å². The average molecular weight is 256 g/mol. The fourth-order valence-electron chi connectivity index (χ4n) is 2.04. The summed E-state index contributed by atoms with van der Waals surface area (Å²) in [5, 5.41) is 25.4. The molecular formula is C11H16N2O3S. The van der Waals surface area contributed by atoms with Crippen LogP contribution in [0, 0.1) is 15.5 Å². The Morgan fingerprint density at radius 2 is 2.41 bits per heavy atom. The summed E-state index contributed by atoms with van der Waals surface area (Å²) in [7, 11) is 0. The summed E-state index contributed by atoms with van der Waals surface area (Å²) in [4.78, 5) is 10.2. The monoisotopic (exact) mass is 256 g/mol. The van der Waals surface area contributed by atoms with Gasteiger partial charge in [0.1, 0.15) is 0 Å². The number of hydrogen-bond acceptors (Lipinski definition) is 5. The zero-order chi connectivity index (χ0) is 12.6. The summed E-state index contributed by atoms with van der Waals surface area (Å²) < 4.78 is 0. The standard InChI is InChI=1S/C11H16N2O3S/c1-11(2)8(4-9(11)14)12-5-7-3-10(13(15)16)17-6-7/h3,6,8-9,12,14H,4-5H2,1-2H3. The number of nitrogens with zero attached hydrogens (tertiary/aromatic N) is 1. The van der Waals surface area contributed by atoms with Gasteiger partial charge >= 0.3 is 5.00 Å². The van der Waals surface area contributed by atoms with Crippen LogP contribution in [-0.2, 0) is 6.54 Å². The molecule has 5 nitrogen and oxygen atoms in total. The molecule has 0 saturated heterocycles. The van der Waals surface area contributed by atoms with Crippen LogP contribution < -0.4 is 5.32 Å². The zero-order valence-corrected chi connectivity index (χ0v) is 10.7. The minimum absolute atomic E-state index is 0.109. The lowest BCUT2D eigenvalue weighted by Crippen LogP contribution is -2.59. The first kappa shape index (κ1) is 12.5. The Morgan fingerprint density at radius 1 is 1.71 bits per heavy atom. The maximum Gasteiger partial charge on any atom is 0.324 e. The van der Waals surface area contributed by atoms with Crippen molar-refractivity contribution in [1.29, 1.82) is 0 Å². The van der Waals surface area contributed by atoms with Crippen LogP contribution in [0.3, 0.4) is 0 Å². The lowest BCUT2D eigenvalue weighted by Gasteiger charge is -2.49. The van der Waals surface area contributed by atoms with Gasteiger partial charge in [-0.15, -0.1) is 0 Å². The fourth-order valence-corrected chi connectivity index (χ4v) is 2.77. The lowest BCUT2D eigenvalue weighted by atomic mass is 9.64. The Kier molecular flexibility index (Phi) is 3.20. The molecule has 0 aliphatic heterocycles. The highest BCUT2D eigenvalue weighted by Crippen LogP contribution is 2.40. The van der Waals surface area contributed by atoms with Crippen molar-refractivity contribution in [3.05, 3.63) is 27.1 Å². The minimum atomic E-state index is -0.370. The normalized spacial score (nSPS) is 26.5. The van der Waals surface area contributed by atoms with Crippen molar-refractivity contribution in [3.8, 4) is 0 Å². The van der Waals surface area contributed by atoms with E-state index in [4.69, 9.17) is 0 Å². The molecular weight excluding hydrogens is 240 g/mol. The van der Waals surface area contributed by atoms with E-state index in [0.717, 1.165) is 23.3 Å². The second-order valence-electron chi connectivity index (χ2n) is 5.06. The van der Waals surface area contributed by atoms with E-state index >= 15 is 0 Å². The molecule has 17 heavy (non-hydrogen) atoms. The molecule has 1 aromatic rings. The Balaban J connectivity index is 1.88. The van der Waals surface area contributed by atoms with E-state index in [-0.39, 0.29) is 27.5 Å². The number of nitrogens with one attached hydrogen (secondary N) is 1. The molecule has 1 aliphatic carbocycles. The van der Waals surface area contributed by atoms with Crippen LogP contribution in [0.2, 0.25) is 0 Å². The van der Waals surface area contributed by atoms with Crippen LogP contribution >= 0.6 is 11.3 Å². The molecule has 0 aromatic carbocycles. The van der Waals surface area contributed by atoms with Crippen LogP contribution in [0.5, 0.6) is 0 Å². The van der Waals surface area contributed by atoms with Crippen molar-refractivity contribution in [2.24, 2.45) is 5.41 Å². The van der Waals surface area contributed by atoms with Gasteiger partial charge in [-0.25, -0.2) is 0 Å². The molecule has 2 unspecified atom stereocenters. The highest BCUT2D eigenvalue weighted by Gasteiger charge is 2.46. The third-order valence-electron chi connectivity index (χ3n) is 3.59. The van der Waals surface area contributed by atoms with E-state index in [1.54, 1.807) is 11.4 Å². The molecule has 1 aliphatic rings. The number of aliphatic hydroxyl groups is 1. The van der Waals surface area contributed by atoms with Crippen molar-refractivity contribution in [2.75, 3.05) is 0 Å². The third kappa shape index (κ3) is 2.34. The predicted octanol–water partition coefficient (Wildman–Crippen LogP) is 1.91. The van der Waals surface area contributed by atoms with E-state index in [2.05, 4.69) is 5.32 Å². The smallest absolute Gasteiger partial charge is 0.324 e. The Bertz CT molecular complexity index is 430. The number of rotatable bonds is 4. The van der Waals surface area contributed by atoms with Crippen LogP contribution in [0.25, 0.3) is 0 Å². The molecule has 1 saturated carbocycles. The number of aliphatic hydroxyl groups excluding tert-OH is 1. The van der Waals surface area contributed by atoms with Crippen LogP contribution in [0.4, 0.5) is 5.00 Å². The second-order valence-corrected chi connectivity index (χ2v) is 5.95. The van der Waals surface area contributed by atoms with E-state index < -0.39 is 0 Å². The van der Waals surface area contributed by atoms with Gasteiger partial charge in [-0.1, -0.05) is 25.2 Å². The summed E-state index contributed by atoms with van der Waals surface area (Å²) >= 11 is 1.15. The first-order valence-corrected chi connectivity index (χ1v) is 6.42. The molecule has 1 aromatic heterocycles. The largest absolute Gasteiger partial charge is 0.392 e. The summed E-state index contributed by atoms with van der Waals surface area (Å²) in [6, 6.07) is 1.87. The molecule has 2 rings (SSSR count). The Labute approximate surface area is 104 Å². The molecule has 2 atom stereocenters. The average Bonchev–Trinajstić information content (AvgIpc) is 2.72. The van der Waals surface area contributed by atoms with Crippen molar-refractivity contribution in [1.82, 2.24) is 5.32 Å². The van der Waals surface area contributed by atoms with Crippen LogP contribution in [-0.4, -0.2) is 22.2 Å². The van der Waals surface area contributed by atoms with Gasteiger partial charge in [-0.3, -0.25) is 10.1 Å². The van der Waals surface area contributed by atoms with Gasteiger partial charge in [0.15, 0.2) is 0 Å². The van der Waals surface area contributed by atoms with Gasteiger partial charge in [0.2, 0.25) is 0 Å². The third-order valence-corrected chi connectivity index (χ3v) is 4.52. The maximum absolute atomic E-state index is 10.5. The van der Waals surface area contributed by atoms with Crippen LogP contribution in [0.15, 0.2) is 11.4 Å². The predicted molar refractivity (Wildman–Crippen MR) is 66.0 cm³/mol. The first-order chi connectivity index (χ1) is 7.91. The topological polar surface area (TPSA) is 75.4 Å². The molecule has 2 N–H and O–H groups in total. The van der Waals surface area contributed by atoms with Gasteiger partial charge in [0, 0.05) is 29.4 Å². The molecule has 94 valence electrons. The Hall–Kier alpha value is -0.980. The van der Waals surface area contributed by atoms with Gasteiger partial charge < -0.3 is 10.4 Å². The SMILES string of the molecule is CC1(C)C(O)CC1NCc1csc([N+](=O)[O-])c1. The van der Waals surface area contributed by atoms with Gasteiger partial charge in [-0.05, 0) is 12.0 Å². The fraction of sp³-hybridized carbons (Fsp3) is 0.636. The van der Waals surface area contributed by atoms with Gasteiger partial charge in [0.25, 0.3) is 0 Å². The molecule has 1 heterocycles. The molecule has 0 amide bonds. The van der Waals surface area contributed by atoms with E-state index in [0.29, 0.717) is 6.54 Å². The summed E-state index contributed by atoms with van der Waals surface area (Å²) in [5.74, 6) is 0. The molecule has 0 spiro atoms. The second kappa shape index (κ2) is 4.36. The van der Waals surface area contributed by atoms with Gasteiger partial charge in [-0.2, -0.15) is 0 Å². The van der Waals surface area contributed by atoms with Crippen LogP contribution in [0.1, 0.15) is 25.8 Å². The number of hydrogen-bond donors (Lipinski definition) is 2. The van der Waals surface area contributed by atoms with E-state index in [1.165, 1.54) is 0 Å². The lowest BCUT2D eigenvalue weighted by molar-refractivity contribution is -0.380. The van der Waals surface area contributed by atoms with Crippen molar-refractivity contribution >= 4 is 16.3 Å². The highest BCUT2D eigenvalue weighted by molar-refractivity contribution is 7.13. The quantitative estimate of drug-likeness (QED) is 0.637. The number of thiophene rings is 1. The molecule has 0 bridgehead atoms. The molecule has 6 heteroatoms. The minimum Gasteiger partial charge on any atom is -0.392 e. The maximum atomic E-state index is 10.5. The number of nitro groups is 1. The summed E-state index contributed by atoms with van der Waals surface area (Å²) in [6.07, 6.45) is 0.496. The summed E-state index contributed by atoms with van der Waals surface area (Å²) in [5.41, 5.74) is 0.820. The molecule has 1 fully saturated rings. The Morgan fingerprint density at radius 3 is 2.88 bits per heavy atom. The van der Waals surface area contributed by atoms with E-state index in [9.17, 15) is 15.2 Å². The van der Waals surface area contributed by atoms with Gasteiger partial charge in [0.05, 0.1) is 11.0 Å². The van der Waals surface area contributed by atoms with Crippen molar-refractivity contribution in [2.45, 2.75) is 39.0 Å². The molecule has 0 radical (unpaired) electrons. The zero-order valence-electron chi connectivity index (χ0n) is 9.84. The summed E-state index contributed by atoms with van der Waals surface area (Å²) in [6.45, 7) is 4.66. The highest BCUT2D eigenvalue weighted by atomic mass is 32.1.